The normalized spacial score (nSPS) is 17.0. The monoisotopic (exact) mass is 342 g/mol. The van der Waals surface area contributed by atoms with Crippen LogP contribution in [0.5, 0.6) is 5.75 Å². The second-order valence-corrected chi connectivity index (χ2v) is 5.79. The summed E-state index contributed by atoms with van der Waals surface area (Å²) >= 11 is 3.32. The molecule has 0 saturated carbocycles. The van der Waals surface area contributed by atoms with Gasteiger partial charge in [0.25, 0.3) is 5.91 Å². The fourth-order valence-corrected chi connectivity index (χ4v) is 2.75. The zero-order valence-electron chi connectivity index (χ0n) is 11.3. The van der Waals surface area contributed by atoms with Crippen molar-refractivity contribution in [2.24, 2.45) is 0 Å². The van der Waals surface area contributed by atoms with E-state index in [4.69, 9.17) is 5.11 Å². The van der Waals surface area contributed by atoms with Crippen LogP contribution in [0, 0.1) is 0 Å². The zero-order chi connectivity index (χ0) is 14.5. The minimum Gasteiger partial charge on any atom is -0.507 e. The number of rotatable bonds is 3. The molecule has 0 aromatic heterocycles. The van der Waals surface area contributed by atoms with Gasteiger partial charge in [-0.25, -0.2) is 0 Å². The number of benzene rings is 1. The lowest BCUT2D eigenvalue weighted by molar-refractivity contribution is 0.0757. The van der Waals surface area contributed by atoms with E-state index in [1.54, 1.807) is 17.0 Å². The zero-order valence-corrected chi connectivity index (χ0v) is 12.8. The Morgan fingerprint density at radius 2 is 2.05 bits per heavy atom. The minimum absolute atomic E-state index is 0.00895. The van der Waals surface area contributed by atoms with Gasteiger partial charge in [-0.3, -0.25) is 9.69 Å². The van der Waals surface area contributed by atoms with E-state index in [1.807, 2.05) is 0 Å². The van der Waals surface area contributed by atoms with Gasteiger partial charge >= 0.3 is 0 Å². The second-order valence-electron chi connectivity index (χ2n) is 4.87. The highest BCUT2D eigenvalue weighted by molar-refractivity contribution is 9.10. The van der Waals surface area contributed by atoms with E-state index >= 15 is 0 Å². The van der Waals surface area contributed by atoms with Crippen LogP contribution >= 0.6 is 15.9 Å². The van der Waals surface area contributed by atoms with E-state index in [-0.39, 0.29) is 18.3 Å². The number of hydrogen-bond acceptors (Lipinski definition) is 4. The summed E-state index contributed by atoms with van der Waals surface area (Å²) in [4.78, 5) is 16.4. The predicted octanol–water partition coefficient (Wildman–Crippen LogP) is 1.29. The van der Waals surface area contributed by atoms with Crippen LogP contribution in [0.15, 0.2) is 22.7 Å². The van der Waals surface area contributed by atoms with Crippen LogP contribution in [0.2, 0.25) is 0 Å². The largest absolute Gasteiger partial charge is 0.507 e. The number of hydrogen-bond donors (Lipinski definition) is 2. The van der Waals surface area contributed by atoms with Crippen molar-refractivity contribution in [1.82, 2.24) is 9.80 Å². The molecule has 0 atom stereocenters. The van der Waals surface area contributed by atoms with E-state index in [2.05, 4.69) is 20.8 Å². The molecule has 1 aromatic rings. The Morgan fingerprint density at radius 1 is 1.25 bits per heavy atom. The number of phenols is 1. The third kappa shape index (κ3) is 3.71. The molecule has 2 N–H and O–H groups in total. The van der Waals surface area contributed by atoms with Gasteiger partial charge in [0.1, 0.15) is 5.75 Å². The number of phenolic OH excluding ortho intramolecular Hbond substituents is 1. The maximum atomic E-state index is 12.5. The fourth-order valence-electron chi connectivity index (χ4n) is 2.39. The highest BCUT2D eigenvalue weighted by Gasteiger charge is 2.22. The maximum Gasteiger partial charge on any atom is 0.257 e. The molecule has 1 amide bonds. The molecule has 0 spiro atoms. The van der Waals surface area contributed by atoms with Gasteiger partial charge < -0.3 is 15.1 Å². The number of aliphatic hydroxyl groups excluding tert-OH is 1. The first kappa shape index (κ1) is 15.3. The summed E-state index contributed by atoms with van der Waals surface area (Å²) in [6, 6.07) is 4.87. The summed E-state index contributed by atoms with van der Waals surface area (Å²) in [6.07, 6.45) is 0.876. The Bertz CT molecular complexity index is 481. The van der Waals surface area contributed by atoms with E-state index in [0.29, 0.717) is 25.2 Å². The van der Waals surface area contributed by atoms with Crippen molar-refractivity contribution in [2.45, 2.75) is 6.42 Å². The summed E-state index contributed by atoms with van der Waals surface area (Å²) in [5.74, 6) is -0.135. The summed E-state index contributed by atoms with van der Waals surface area (Å²) in [5.41, 5.74) is 0.329. The first-order chi connectivity index (χ1) is 9.61. The number of carbonyl (C=O) groups is 1. The highest BCUT2D eigenvalue weighted by atomic mass is 79.9. The van der Waals surface area contributed by atoms with Crippen LogP contribution in [-0.4, -0.2) is 65.3 Å². The number of aromatic hydroxyl groups is 1. The average molecular weight is 343 g/mol. The van der Waals surface area contributed by atoms with Crippen molar-refractivity contribution in [2.75, 3.05) is 39.3 Å². The van der Waals surface area contributed by atoms with Crippen molar-refractivity contribution < 1.29 is 15.0 Å². The van der Waals surface area contributed by atoms with Gasteiger partial charge in [-0.15, -0.1) is 0 Å². The van der Waals surface area contributed by atoms with E-state index < -0.39 is 0 Å². The smallest absolute Gasteiger partial charge is 0.257 e. The molecule has 0 bridgehead atoms. The molecule has 0 radical (unpaired) electrons. The molecule has 1 heterocycles. The average Bonchev–Trinajstić information content (AvgIpc) is 2.67. The molecule has 1 aliphatic rings. The van der Waals surface area contributed by atoms with Crippen LogP contribution in [0.25, 0.3) is 0 Å². The first-order valence-electron chi connectivity index (χ1n) is 6.73. The fraction of sp³-hybridized carbons (Fsp3) is 0.500. The van der Waals surface area contributed by atoms with Crippen molar-refractivity contribution in [1.29, 1.82) is 0 Å². The van der Waals surface area contributed by atoms with Crippen LogP contribution < -0.4 is 0 Å². The molecule has 1 fully saturated rings. The number of halogens is 1. The predicted molar refractivity (Wildman–Crippen MR) is 79.9 cm³/mol. The number of nitrogens with zero attached hydrogens (tertiary/aromatic N) is 2. The summed E-state index contributed by atoms with van der Waals surface area (Å²) in [6.45, 7) is 3.71. The van der Waals surface area contributed by atoms with E-state index in [1.165, 1.54) is 6.07 Å². The molecule has 1 aliphatic heterocycles. The quantitative estimate of drug-likeness (QED) is 0.868. The molecule has 110 valence electrons. The summed E-state index contributed by atoms with van der Waals surface area (Å²) in [5, 5.41) is 18.8. The lowest BCUT2D eigenvalue weighted by Crippen LogP contribution is -2.35. The lowest BCUT2D eigenvalue weighted by Gasteiger charge is -2.22. The number of aliphatic hydroxyl groups is 1. The molecule has 1 aromatic carbocycles. The first-order valence-corrected chi connectivity index (χ1v) is 7.52. The number of amides is 1. The van der Waals surface area contributed by atoms with Gasteiger partial charge in [-0.05, 0) is 31.2 Å². The van der Waals surface area contributed by atoms with E-state index in [9.17, 15) is 9.90 Å². The second kappa shape index (κ2) is 7.06. The Hall–Kier alpha value is -1.11. The molecule has 2 rings (SSSR count). The molecule has 5 nitrogen and oxygen atoms in total. The Morgan fingerprint density at radius 3 is 2.80 bits per heavy atom. The molecule has 20 heavy (non-hydrogen) atoms. The number of β-amino-alcohol motifs (C(OH)–C–C–N with tert-alkyl or cyclic N) is 1. The minimum atomic E-state index is -0.144. The standard InChI is InChI=1S/C14H19BrN2O3/c15-11-2-3-13(19)12(10-11)14(20)17-5-1-4-16(6-7-17)8-9-18/h2-3,10,18-19H,1,4-9H2. The topological polar surface area (TPSA) is 64.0 Å². The van der Waals surface area contributed by atoms with Crippen LogP contribution in [0.4, 0.5) is 0 Å². The highest BCUT2D eigenvalue weighted by Crippen LogP contribution is 2.23. The summed E-state index contributed by atoms with van der Waals surface area (Å²) < 4.78 is 0.773. The van der Waals surface area contributed by atoms with Crippen molar-refractivity contribution in [3.05, 3.63) is 28.2 Å². The Labute approximate surface area is 126 Å². The van der Waals surface area contributed by atoms with Crippen LogP contribution in [0.3, 0.4) is 0 Å². The third-order valence-electron chi connectivity index (χ3n) is 3.48. The van der Waals surface area contributed by atoms with Gasteiger partial charge in [-0.1, -0.05) is 15.9 Å². The van der Waals surface area contributed by atoms with Crippen molar-refractivity contribution in [3.63, 3.8) is 0 Å². The van der Waals surface area contributed by atoms with Gasteiger partial charge in [-0.2, -0.15) is 0 Å². The number of carbonyl (C=O) groups excluding carboxylic acids is 1. The van der Waals surface area contributed by atoms with Crippen molar-refractivity contribution >= 4 is 21.8 Å². The summed E-state index contributed by atoms with van der Waals surface area (Å²) in [7, 11) is 0. The molecule has 6 heteroatoms. The van der Waals surface area contributed by atoms with E-state index in [0.717, 1.165) is 24.0 Å². The third-order valence-corrected chi connectivity index (χ3v) is 3.97. The maximum absolute atomic E-state index is 12.5. The SMILES string of the molecule is O=C(c1cc(Br)ccc1O)N1CCCN(CCO)CC1. The van der Waals surface area contributed by atoms with Crippen LogP contribution in [-0.2, 0) is 0 Å². The molecular formula is C14H19BrN2O3. The Kier molecular flexibility index (Phi) is 5.39. The van der Waals surface area contributed by atoms with Gasteiger partial charge in [0.2, 0.25) is 0 Å². The Balaban J connectivity index is 2.07. The van der Waals surface area contributed by atoms with Gasteiger partial charge in [0.15, 0.2) is 0 Å². The lowest BCUT2D eigenvalue weighted by atomic mass is 10.1. The van der Waals surface area contributed by atoms with Gasteiger partial charge in [0, 0.05) is 30.7 Å². The molecule has 0 aliphatic carbocycles. The molecule has 1 saturated heterocycles. The van der Waals surface area contributed by atoms with Crippen LogP contribution in [0.1, 0.15) is 16.8 Å². The van der Waals surface area contributed by atoms with Gasteiger partial charge in [0.05, 0.1) is 12.2 Å². The molecule has 0 unspecified atom stereocenters. The van der Waals surface area contributed by atoms with Crippen molar-refractivity contribution in [3.8, 4) is 5.75 Å². The molecular weight excluding hydrogens is 324 g/mol.